The van der Waals surface area contributed by atoms with Gasteiger partial charge in [-0.3, -0.25) is 19.2 Å². The first-order chi connectivity index (χ1) is 34.3. The number of methoxy groups -OCH3 is 2. The minimum Gasteiger partial charge on any atom is -0.469 e. The summed E-state index contributed by atoms with van der Waals surface area (Å²) in [7, 11) is -3.84. The Morgan fingerprint density at radius 2 is 0.959 bits per heavy atom. The first-order valence-corrected chi connectivity index (χ1v) is 23.8. The minimum absolute atomic E-state index is 0.0844. The van der Waals surface area contributed by atoms with E-state index in [1.165, 1.54) is 38.3 Å². The van der Waals surface area contributed by atoms with Crippen LogP contribution >= 0.6 is 0 Å². The van der Waals surface area contributed by atoms with Crippen LogP contribution in [0.2, 0.25) is 0 Å². The number of esters is 2. The van der Waals surface area contributed by atoms with E-state index in [4.69, 9.17) is 14.2 Å². The number of ether oxygens (including phenoxy) is 4. The molecule has 16 nitrogen and oxygen atoms in total. The van der Waals surface area contributed by atoms with Crippen molar-refractivity contribution in [1.29, 1.82) is 0 Å². The molecule has 0 saturated carbocycles. The highest BCUT2D eigenvalue weighted by Gasteiger charge is 2.49. The van der Waals surface area contributed by atoms with Gasteiger partial charge in [0.05, 0.1) is 38.6 Å². The van der Waals surface area contributed by atoms with Crippen LogP contribution in [-0.2, 0) is 83.3 Å². The Morgan fingerprint density at radius 1 is 0.562 bits per heavy atom. The third kappa shape index (κ3) is 23.4. The maximum absolute atomic E-state index is 13.1. The number of benzene rings is 4. The molecule has 2 amide bonds. The number of amides is 2. The van der Waals surface area contributed by atoms with Crippen LogP contribution < -0.4 is 10.6 Å². The Labute approximate surface area is 420 Å². The molecule has 0 aliphatic carbocycles. The number of Topliss-reactive ketones (excluding diaryl/α,β-unsaturated/α-hetero) is 3. The van der Waals surface area contributed by atoms with Crippen molar-refractivity contribution in [3.63, 3.8) is 0 Å². The predicted molar refractivity (Wildman–Crippen MR) is 254 cm³/mol. The largest absolute Gasteiger partial charge is 0.523 e. The van der Waals surface area contributed by atoms with Gasteiger partial charge in [-0.1, -0.05) is 113 Å². The fourth-order valence-electron chi connectivity index (χ4n) is 6.39. The lowest BCUT2D eigenvalue weighted by Crippen LogP contribution is -2.45. The van der Waals surface area contributed by atoms with Crippen molar-refractivity contribution >= 4 is 51.6 Å². The summed E-state index contributed by atoms with van der Waals surface area (Å²) >= 11 is 0. The maximum atomic E-state index is 13.1. The van der Waals surface area contributed by atoms with Gasteiger partial charge < -0.3 is 29.6 Å². The molecule has 398 valence electrons. The van der Waals surface area contributed by atoms with Crippen LogP contribution in [0.3, 0.4) is 0 Å². The molecule has 4 rings (SSSR count). The van der Waals surface area contributed by atoms with Crippen molar-refractivity contribution < 1.29 is 87.1 Å². The van der Waals surface area contributed by atoms with Gasteiger partial charge in [-0.05, 0) is 71.7 Å². The Balaban J connectivity index is 0.000000387. The van der Waals surface area contributed by atoms with Crippen molar-refractivity contribution in [1.82, 2.24) is 10.6 Å². The van der Waals surface area contributed by atoms with Gasteiger partial charge in [0.25, 0.3) is 0 Å². The summed E-state index contributed by atoms with van der Waals surface area (Å²) in [5.74, 6) is -4.69. The van der Waals surface area contributed by atoms with E-state index in [9.17, 15) is 63.9 Å². The minimum atomic E-state index is -5.96. The van der Waals surface area contributed by atoms with Gasteiger partial charge >= 0.3 is 39.8 Å². The Hall–Kier alpha value is -7.07. The number of alkyl carbamates (subject to hydrolysis) is 2. The molecule has 4 aromatic rings. The Kier molecular flexibility index (Phi) is 26.1. The number of halogens is 5. The summed E-state index contributed by atoms with van der Waals surface area (Å²) in [4.78, 5) is 83.4. The molecule has 0 saturated heterocycles. The van der Waals surface area contributed by atoms with Gasteiger partial charge in [0.2, 0.25) is 0 Å². The van der Waals surface area contributed by atoms with Crippen molar-refractivity contribution in [2.75, 3.05) is 14.2 Å². The number of carbonyl (C=O) groups is 7. The van der Waals surface area contributed by atoms with Crippen LogP contribution in [0.5, 0.6) is 0 Å². The van der Waals surface area contributed by atoms with Gasteiger partial charge in [0, 0.05) is 12.8 Å². The molecule has 0 aliphatic heterocycles. The predicted octanol–water partition coefficient (Wildman–Crippen LogP) is 8.33. The van der Waals surface area contributed by atoms with Crippen molar-refractivity contribution in [2.24, 2.45) is 17.8 Å². The number of ketones is 3. The highest BCUT2D eigenvalue weighted by atomic mass is 32.2. The van der Waals surface area contributed by atoms with E-state index >= 15 is 0 Å². The van der Waals surface area contributed by atoms with E-state index < -0.39 is 76.1 Å². The van der Waals surface area contributed by atoms with Crippen LogP contribution in [0, 0.1) is 29.4 Å². The number of carbonyl (C=O) groups excluding carboxylic acids is 7. The van der Waals surface area contributed by atoms with Crippen molar-refractivity contribution in [3.8, 4) is 0 Å². The quantitative estimate of drug-likeness (QED) is 0.0189. The second kappa shape index (κ2) is 30.7. The molecule has 0 bridgehead atoms. The number of hydrogen-bond acceptors (Lipinski definition) is 14. The van der Waals surface area contributed by atoms with E-state index in [-0.39, 0.29) is 73.0 Å². The molecular weight excluding hydrogens is 992 g/mol. The molecule has 0 heterocycles. The number of alkyl halides is 3. The van der Waals surface area contributed by atoms with Gasteiger partial charge in [0.1, 0.15) is 30.6 Å². The van der Waals surface area contributed by atoms with E-state index in [1.807, 2.05) is 60.7 Å². The lowest BCUT2D eigenvalue weighted by molar-refractivity contribution is -0.149. The first kappa shape index (κ1) is 62.0. The maximum Gasteiger partial charge on any atom is 0.523 e. The average molecular weight is 1050 g/mol. The molecule has 0 radical (unpaired) electrons. The topological polar surface area (TPSA) is 224 Å². The van der Waals surface area contributed by atoms with Gasteiger partial charge in [-0.25, -0.2) is 27.3 Å². The van der Waals surface area contributed by atoms with Crippen LogP contribution in [-0.4, -0.2) is 87.8 Å². The average Bonchev–Trinajstić information content (AvgIpc) is 3.34. The fourth-order valence-corrected chi connectivity index (χ4v) is 6.95. The zero-order chi connectivity index (χ0) is 54.9. The number of rotatable bonds is 22. The van der Waals surface area contributed by atoms with Crippen molar-refractivity contribution in [3.05, 3.63) is 143 Å². The summed E-state index contributed by atoms with van der Waals surface area (Å²) in [6.45, 7) is 8.78. The molecule has 22 heteroatoms. The number of hydrogen-bond donors (Lipinski definition) is 2. The molecule has 4 atom stereocenters. The summed E-state index contributed by atoms with van der Waals surface area (Å²) in [6, 6.07) is 27.0. The summed E-state index contributed by atoms with van der Waals surface area (Å²) in [6.07, 6.45) is -3.98. The van der Waals surface area contributed by atoms with E-state index in [2.05, 4.69) is 19.6 Å². The lowest BCUT2D eigenvalue weighted by Gasteiger charge is -2.23. The monoisotopic (exact) mass is 1050 g/mol. The van der Waals surface area contributed by atoms with Crippen LogP contribution in [0.1, 0.15) is 69.7 Å². The summed E-state index contributed by atoms with van der Waals surface area (Å²) in [5, 5.41) is 5.14. The molecule has 0 aliphatic rings. The lowest BCUT2D eigenvalue weighted by atomic mass is 9.89. The molecule has 2 N–H and O–H groups in total. The van der Waals surface area contributed by atoms with E-state index in [1.54, 1.807) is 39.8 Å². The first-order valence-electron chi connectivity index (χ1n) is 22.4. The third-order valence-electron chi connectivity index (χ3n) is 10.1. The van der Waals surface area contributed by atoms with Crippen LogP contribution in [0.15, 0.2) is 109 Å². The Morgan fingerprint density at radius 3 is 1.33 bits per heavy atom. The van der Waals surface area contributed by atoms with Gasteiger partial charge in [0.15, 0.2) is 17.7 Å². The third-order valence-corrected chi connectivity index (χ3v) is 11.2. The standard InChI is InChI=1S/C24H28FNO5.C16H21NO4.C11H10F4O5S/c1-16(2)22(26-24(29)31-15-18-7-5-4-6-8-18)21(27)14-19(23(28)30-3)13-17-9-11-20(25)12-10-17;1-11(2)15(14(19)9-12(3)18)17-16(20)21-10-13-7-5-4-6-8-13;1-19-10(16)9(20-21(17,18)11(13,14)15)6-7-2-4-8(12)5-3-7/h4-12,16,19,22H,13-15H2,1-3H3,(H,26,29);4-8,11,15H,9-10H2,1-3H3,(H,17,20);2-5,9H,6H2,1H3/t19-,22+;15-;9-/m101/s1. The normalized spacial score (nSPS) is 12.7. The highest BCUT2D eigenvalue weighted by Crippen LogP contribution is 2.27. The molecule has 0 unspecified atom stereocenters. The van der Waals surface area contributed by atoms with E-state index in [0.29, 0.717) is 5.56 Å². The molecule has 73 heavy (non-hydrogen) atoms. The number of nitrogens with one attached hydrogen (secondary N) is 2. The Bertz CT molecular complexity index is 2510. The zero-order valence-corrected chi connectivity index (χ0v) is 41.9. The van der Waals surface area contributed by atoms with E-state index in [0.717, 1.165) is 30.4 Å². The molecule has 4 aromatic carbocycles. The smallest absolute Gasteiger partial charge is 0.469 e. The zero-order valence-electron chi connectivity index (χ0n) is 41.1. The molecule has 0 aromatic heterocycles. The molecule has 0 spiro atoms. The van der Waals surface area contributed by atoms with Crippen molar-refractivity contribution in [2.45, 2.75) is 97.2 Å². The molecular formula is C51H59F5N2O14S. The van der Waals surface area contributed by atoms with Gasteiger partial charge in [-0.15, -0.1) is 0 Å². The highest BCUT2D eigenvalue weighted by molar-refractivity contribution is 7.87. The summed E-state index contributed by atoms with van der Waals surface area (Å²) < 4.78 is 108. The SMILES string of the molecule is CC(=O)CC(=O)[C@@H](NC(=O)OCc1ccccc1)C(C)C.COC(=O)[C@@H](CC(=O)[C@@H](NC(=O)OCc1ccccc1)C(C)C)Cc1ccc(F)cc1.COC(=O)[C@@H](Cc1ccc(F)cc1)OS(=O)(=O)C(F)(F)F. The van der Waals surface area contributed by atoms with Crippen LogP contribution in [0.25, 0.3) is 0 Å². The molecule has 0 fully saturated rings. The fraction of sp³-hybridized carbons (Fsp3) is 0.392. The summed E-state index contributed by atoms with van der Waals surface area (Å²) in [5.41, 5.74) is -3.06. The second-order valence-electron chi connectivity index (χ2n) is 16.8. The van der Waals surface area contributed by atoms with Crippen LogP contribution in [0.4, 0.5) is 31.5 Å². The second-order valence-corrected chi connectivity index (χ2v) is 18.3. The van der Waals surface area contributed by atoms with Gasteiger partial charge in [-0.2, -0.15) is 21.6 Å².